The topological polar surface area (TPSA) is 42.2 Å². The summed E-state index contributed by atoms with van der Waals surface area (Å²) >= 11 is 5.90. The zero-order chi connectivity index (χ0) is 15.6. The van der Waals surface area contributed by atoms with E-state index in [9.17, 15) is 0 Å². The monoisotopic (exact) mass is 325 g/mol. The van der Waals surface area contributed by atoms with E-state index in [1.807, 2.05) is 24.3 Å². The number of halogens is 1. The van der Waals surface area contributed by atoms with Crippen LogP contribution in [0.2, 0.25) is 5.02 Å². The molecule has 0 amide bonds. The molecule has 4 nitrogen and oxygen atoms in total. The standard InChI is InChI=1S/C18H16ClN3O/c19-16-7-5-14(6-8-16)18-20-17(23-21-18)12-22-10-9-13-3-1-2-4-15(13)11-22/h1-8H,9-12H2. The maximum atomic E-state index is 5.90. The highest BCUT2D eigenvalue weighted by molar-refractivity contribution is 6.30. The van der Waals surface area contributed by atoms with Gasteiger partial charge in [0.2, 0.25) is 11.7 Å². The molecule has 0 N–H and O–H groups in total. The number of nitrogens with zero attached hydrogens (tertiary/aromatic N) is 3. The third kappa shape index (κ3) is 3.14. The Balaban J connectivity index is 1.47. The number of hydrogen-bond acceptors (Lipinski definition) is 4. The molecule has 0 radical (unpaired) electrons. The van der Waals surface area contributed by atoms with E-state index in [0.717, 1.165) is 25.1 Å². The third-order valence-corrected chi connectivity index (χ3v) is 4.39. The summed E-state index contributed by atoms with van der Waals surface area (Å²) in [4.78, 5) is 6.83. The van der Waals surface area contributed by atoms with Crippen molar-refractivity contribution >= 4 is 11.6 Å². The molecule has 23 heavy (non-hydrogen) atoms. The highest BCUT2D eigenvalue weighted by atomic mass is 35.5. The molecule has 0 atom stereocenters. The maximum absolute atomic E-state index is 5.90. The van der Waals surface area contributed by atoms with E-state index < -0.39 is 0 Å². The lowest BCUT2D eigenvalue weighted by Crippen LogP contribution is -2.30. The van der Waals surface area contributed by atoms with Gasteiger partial charge in [0.25, 0.3) is 0 Å². The average Bonchev–Trinajstić information content (AvgIpc) is 3.04. The molecule has 0 fully saturated rings. The van der Waals surface area contributed by atoms with Crippen LogP contribution in [0.5, 0.6) is 0 Å². The highest BCUT2D eigenvalue weighted by Crippen LogP contribution is 2.22. The second-order valence-corrected chi connectivity index (χ2v) is 6.18. The van der Waals surface area contributed by atoms with Crippen LogP contribution in [0.4, 0.5) is 0 Å². The molecule has 0 bridgehead atoms. The summed E-state index contributed by atoms with van der Waals surface area (Å²) in [5.74, 6) is 1.25. The van der Waals surface area contributed by atoms with Crippen LogP contribution in [0.3, 0.4) is 0 Å². The minimum absolute atomic E-state index is 0.606. The Morgan fingerprint density at radius 1 is 1.04 bits per heavy atom. The summed E-state index contributed by atoms with van der Waals surface area (Å²) in [6, 6.07) is 16.0. The van der Waals surface area contributed by atoms with Crippen LogP contribution < -0.4 is 0 Å². The minimum Gasteiger partial charge on any atom is -0.338 e. The zero-order valence-electron chi connectivity index (χ0n) is 12.6. The molecule has 0 saturated heterocycles. The molecule has 0 spiro atoms. The van der Waals surface area contributed by atoms with Gasteiger partial charge < -0.3 is 4.52 Å². The second kappa shape index (κ2) is 6.14. The molecule has 116 valence electrons. The van der Waals surface area contributed by atoms with E-state index >= 15 is 0 Å². The van der Waals surface area contributed by atoms with Gasteiger partial charge in [0.15, 0.2) is 0 Å². The minimum atomic E-state index is 0.606. The number of benzene rings is 2. The van der Waals surface area contributed by atoms with Gasteiger partial charge in [-0.05, 0) is 41.8 Å². The highest BCUT2D eigenvalue weighted by Gasteiger charge is 2.18. The van der Waals surface area contributed by atoms with Crippen molar-refractivity contribution < 1.29 is 4.52 Å². The summed E-state index contributed by atoms with van der Waals surface area (Å²) in [6.45, 7) is 2.61. The molecule has 1 aliphatic rings. The molecule has 0 saturated carbocycles. The van der Waals surface area contributed by atoms with Crippen LogP contribution >= 0.6 is 11.6 Å². The predicted octanol–water partition coefficient (Wildman–Crippen LogP) is 3.95. The second-order valence-electron chi connectivity index (χ2n) is 5.75. The van der Waals surface area contributed by atoms with E-state index in [0.29, 0.717) is 23.3 Å². The van der Waals surface area contributed by atoms with Crippen molar-refractivity contribution in [1.82, 2.24) is 15.0 Å². The normalized spacial score (nSPS) is 14.7. The van der Waals surface area contributed by atoms with Crippen molar-refractivity contribution in [3.8, 4) is 11.4 Å². The quantitative estimate of drug-likeness (QED) is 0.731. The lowest BCUT2D eigenvalue weighted by atomic mass is 10.00. The van der Waals surface area contributed by atoms with Crippen LogP contribution in [0.15, 0.2) is 53.1 Å². The smallest absolute Gasteiger partial charge is 0.241 e. The number of hydrogen-bond donors (Lipinski definition) is 0. The molecule has 5 heteroatoms. The van der Waals surface area contributed by atoms with Gasteiger partial charge in [0, 0.05) is 23.7 Å². The lowest BCUT2D eigenvalue weighted by molar-refractivity contribution is 0.210. The van der Waals surface area contributed by atoms with Gasteiger partial charge in [-0.3, -0.25) is 4.90 Å². The van der Waals surface area contributed by atoms with Gasteiger partial charge in [0.05, 0.1) is 6.54 Å². The average molecular weight is 326 g/mol. The van der Waals surface area contributed by atoms with Gasteiger partial charge >= 0.3 is 0 Å². The molecule has 0 aliphatic carbocycles. The predicted molar refractivity (Wildman–Crippen MR) is 89.0 cm³/mol. The van der Waals surface area contributed by atoms with Gasteiger partial charge in [-0.15, -0.1) is 0 Å². The molecule has 4 rings (SSSR count). The summed E-state index contributed by atoms with van der Waals surface area (Å²) in [5.41, 5.74) is 3.74. The van der Waals surface area contributed by atoms with Crippen molar-refractivity contribution in [1.29, 1.82) is 0 Å². The fraction of sp³-hybridized carbons (Fsp3) is 0.222. The molecular weight excluding hydrogens is 310 g/mol. The van der Waals surface area contributed by atoms with Crippen LogP contribution in [0.1, 0.15) is 17.0 Å². The zero-order valence-corrected chi connectivity index (χ0v) is 13.3. The summed E-state index contributed by atoms with van der Waals surface area (Å²) < 4.78 is 5.40. The maximum Gasteiger partial charge on any atom is 0.241 e. The molecule has 3 aromatic rings. The van der Waals surface area contributed by atoms with Crippen LogP contribution in [-0.4, -0.2) is 21.6 Å². The molecule has 1 aliphatic heterocycles. The van der Waals surface area contributed by atoms with Gasteiger partial charge in [-0.25, -0.2) is 0 Å². The first kappa shape index (κ1) is 14.4. The largest absolute Gasteiger partial charge is 0.338 e. The SMILES string of the molecule is Clc1ccc(-c2noc(CN3CCc4ccccc4C3)n2)cc1. The first-order valence-electron chi connectivity index (χ1n) is 7.65. The Bertz CT molecular complexity index is 813. The molecule has 0 unspecified atom stereocenters. The summed E-state index contributed by atoms with van der Waals surface area (Å²) in [5, 5.41) is 4.77. The van der Waals surface area contributed by atoms with Crippen molar-refractivity contribution in [2.75, 3.05) is 6.54 Å². The Kier molecular flexibility index (Phi) is 3.85. The molecule has 1 aromatic heterocycles. The van der Waals surface area contributed by atoms with Crippen molar-refractivity contribution in [3.63, 3.8) is 0 Å². The Morgan fingerprint density at radius 3 is 2.65 bits per heavy atom. The Morgan fingerprint density at radius 2 is 1.83 bits per heavy atom. The first-order chi connectivity index (χ1) is 11.3. The van der Waals surface area contributed by atoms with E-state index in [1.54, 1.807) is 0 Å². The Hall–Kier alpha value is -2.17. The first-order valence-corrected chi connectivity index (χ1v) is 8.03. The third-order valence-electron chi connectivity index (χ3n) is 4.14. The molecular formula is C18H16ClN3O. The van der Waals surface area contributed by atoms with Gasteiger partial charge in [0.1, 0.15) is 0 Å². The molecule has 2 aromatic carbocycles. The van der Waals surface area contributed by atoms with Crippen LogP contribution in [0.25, 0.3) is 11.4 Å². The van der Waals surface area contributed by atoms with Crippen LogP contribution in [-0.2, 0) is 19.5 Å². The van der Waals surface area contributed by atoms with E-state index in [4.69, 9.17) is 16.1 Å². The molecule has 2 heterocycles. The van der Waals surface area contributed by atoms with Crippen molar-refractivity contribution in [2.24, 2.45) is 0 Å². The number of fused-ring (bicyclic) bond motifs is 1. The Labute approximate surface area is 139 Å². The summed E-state index contributed by atoms with van der Waals surface area (Å²) in [6.07, 6.45) is 1.06. The summed E-state index contributed by atoms with van der Waals surface area (Å²) in [7, 11) is 0. The van der Waals surface area contributed by atoms with Gasteiger partial charge in [-0.2, -0.15) is 4.98 Å². The number of rotatable bonds is 3. The van der Waals surface area contributed by atoms with Crippen LogP contribution in [0, 0.1) is 0 Å². The number of aromatic nitrogens is 2. The fourth-order valence-electron chi connectivity index (χ4n) is 2.92. The fourth-order valence-corrected chi connectivity index (χ4v) is 3.04. The van der Waals surface area contributed by atoms with Crippen molar-refractivity contribution in [3.05, 3.63) is 70.6 Å². The van der Waals surface area contributed by atoms with E-state index in [2.05, 4.69) is 39.3 Å². The van der Waals surface area contributed by atoms with E-state index in [1.165, 1.54) is 11.1 Å². The van der Waals surface area contributed by atoms with Gasteiger partial charge in [-0.1, -0.05) is 41.0 Å². The lowest BCUT2D eigenvalue weighted by Gasteiger charge is -2.27. The van der Waals surface area contributed by atoms with Crippen molar-refractivity contribution in [2.45, 2.75) is 19.5 Å². The van der Waals surface area contributed by atoms with E-state index in [-0.39, 0.29) is 0 Å².